The lowest BCUT2D eigenvalue weighted by Gasteiger charge is -2.72. The van der Waals surface area contributed by atoms with E-state index in [9.17, 15) is 9.70 Å². The Labute approximate surface area is 195 Å². The Bertz CT molecular complexity index is 861. The maximum absolute atomic E-state index is 12.9. The third-order valence-electron chi connectivity index (χ3n) is 13.0. The van der Waals surface area contributed by atoms with E-state index in [0.717, 1.165) is 38.5 Å². The zero-order valence-corrected chi connectivity index (χ0v) is 21.4. The number of fused-ring (bicyclic) bond motifs is 7. The number of Topliss-reactive ketones (excluding diaryl/α,β-unsaturated/α-hetero) is 1. The molecule has 0 spiro atoms. The Morgan fingerprint density at radius 3 is 2.25 bits per heavy atom. The number of rotatable bonds is 2. The van der Waals surface area contributed by atoms with E-state index in [1.807, 2.05) is 0 Å². The van der Waals surface area contributed by atoms with Crippen LogP contribution in [0.15, 0.2) is 17.3 Å². The van der Waals surface area contributed by atoms with Gasteiger partial charge >= 0.3 is 0 Å². The highest BCUT2D eigenvalue weighted by atomic mass is 16.3. The van der Waals surface area contributed by atoms with Crippen molar-refractivity contribution in [1.29, 1.82) is 0 Å². The molecular weight excluding hydrogens is 394 g/mol. The number of nitrogens with zero attached hydrogens (tertiary/aromatic N) is 1. The molecule has 9 atom stereocenters. The molecule has 5 fully saturated rings. The lowest BCUT2D eigenvalue weighted by molar-refractivity contribution is -0.227. The molecule has 0 radical (unpaired) electrons. The first kappa shape index (κ1) is 22.8. The van der Waals surface area contributed by atoms with Gasteiger partial charge in [0.2, 0.25) is 0 Å². The van der Waals surface area contributed by atoms with Crippen LogP contribution in [0.25, 0.3) is 0 Å². The maximum Gasteiger partial charge on any atom is 0.138 e. The van der Waals surface area contributed by atoms with Gasteiger partial charge in [0.1, 0.15) is 11.3 Å². The van der Waals surface area contributed by atoms with Gasteiger partial charge in [0.15, 0.2) is 0 Å². The number of carbonyl (C=O) groups is 1. The fourth-order valence-electron chi connectivity index (χ4n) is 11.1. The summed E-state index contributed by atoms with van der Waals surface area (Å²) < 4.78 is 0. The summed E-state index contributed by atoms with van der Waals surface area (Å²) in [6.07, 6.45) is 10.9. The monoisotopic (exact) mass is 439 g/mol. The minimum Gasteiger partial charge on any atom is -0.299 e. The van der Waals surface area contributed by atoms with Gasteiger partial charge in [-0.1, -0.05) is 51.9 Å². The van der Waals surface area contributed by atoms with Crippen molar-refractivity contribution in [3.05, 3.63) is 17.1 Å². The van der Waals surface area contributed by atoms with Crippen LogP contribution in [0, 0.1) is 56.2 Å². The second-order valence-electron chi connectivity index (χ2n) is 14.0. The van der Waals surface area contributed by atoms with Crippen molar-refractivity contribution in [2.75, 3.05) is 0 Å². The molecule has 32 heavy (non-hydrogen) atoms. The molecule has 5 aliphatic carbocycles. The molecule has 3 heteroatoms. The van der Waals surface area contributed by atoms with Gasteiger partial charge in [-0.3, -0.25) is 4.79 Å². The molecular formula is C29H45NO2. The van der Waals surface area contributed by atoms with E-state index in [4.69, 9.17) is 0 Å². The van der Waals surface area contributed by atoms with Crippen LogP contribution in [0.3, 0.4) is 0 Å². The molecule has 7 unspecified atom stereocenters. The molecule has 0 bridgehead atoms. The van der Waals surface area contributed by atoms with Gasteiger partial charge in [0.05, 0.1) is 0 Å². The van der Waals surface area contributed by atoms with Crippen LogP contribution in [0.1, 0.15) is 106 Å². The zero-order chi connectivity index (χ0) is 23.3. The lowest BCUT2D eigenvalue weighted by Crippen LogP contribution is -2.66. The summed E-state index contributed by atoms with van der Waals surface area (Å²) in [4.78, 5) is 25.2. The first-order valence-corrected chi connectivity index (χ1v) is 13.4. The van der Waals surface area contributed by atoms with Crippen molar-refractivity contribution in [1.82, 2.24) is 0 Å². The molecule has 0 N–H and O–H groups in total. The first-order valence-electron chi connectivity index (χ1n) is 13.4. The number of nitroso groups, excluding NO2 is 1. The van der Waals surface area contributed by atoms with E-state index in [0.29, 0.717) is 35.4 Å². The summed E-state index contributed by atoms with van der Waals surface area (Å²) in [5.74, 6) is 3.06. The van der Waals surface area contributed by atoms with Gasteiger partial charge in [-0.05, 0) is 111 Å². The normalized spacial score (nSPS) is 54.1. The molecule has 0 aromatic heterocycles. The average Bonchev–Trinajstić information content (AvgIpc) is 3.12. The summed E-state index contributed by atoms with van der Waals surface area (Å²) in [5, 5.41) is 3.90. The Morgan fingerprint density at radius 2 is 1.59 bits per heavy atom. The van der Waals surface area contributed by atoms with Crippen LogP contribution in [0.4, 0.5) is 0 Å². The minimum atomic E-state index is -0.350. The standard InChI is InChI=1S/C29H45NO2/c1-18(2)19-10-15-29(30-32)17-16-27(6)20(24(19)29)8-9-22-26(5)13-12-23(31)25(3,4)21(26)11-14-28(22,27)7/h19-22,24H,1,8-17H2,2-7H3/t19-,20?,21?,22?,24?,26?,27+,28?,29?/m0/s1. The van der Waals surface area contributed by atoms with Gasteiger partial charge in [-0.15, -0.1) is 0 Å². The van der Waals surface area contributed by atoms with E-state index in [1.54, 1.807) is 0 Å². The van der Waals surface area contributed by atoms with Crippen LogP contribution in [-0.2, 0) is 4.79 Å². The second-order valence-corrected chi connectivity index (χ2v) is 14.0. The largest absolute Gasteiger partial charge is 0.299 e. The Balaban J connectivity index is 1.56. The predicted octanol–water partition coefficient (Wildman–Crippen LogP) is 7.73. The van der Waals surface area contributed by atoms with Crippen molar-refractivity contribution < 1.29 is 4.79 Å². The van der Waals surface area contributed by atoms with Crippen LogP contribution in [0.5, 0.6) is 0 Å². The van der Waals surface area contributed by atoms with Gasteiger partial charge in [-0.2, -0.15) is 4.91 Å². The fourth-order valence-corrected chi connectivity index (χ4v) is 11.1. The van der Waals surface area contributed by atoms with Crippen molar-refractivity contribution in [3.63, 3.8) is 0 Å². The highest BCUT2D eigenvalue weighted by molar-refractivity contribution is 5.85. The summed E-state index contributed by atoms with van der Waals surface area (Å²) in [7, 11) is 0. The molecule has 0 aromatic carbocycles. The van der Waals surface area contributed by atoms with E-state index in [2.05, 4.69) is 53.3 Å². The molecule has 0 heterocycles. The molecule has 0 aliphatic heterocycles. The van der Waals surface area contributed by atoms with E-state index in [-0.39, 0.29) is 27.2 Å². The van der Waals surface area contributed by atoms with Crippen LogP contribution >= 0.6 is 0 Å². The quantitative estimate of drug-likeness (QED) is 0.326. The fraction of sp³-hybridized carbons (Fsp3) is 0.897. The van der Waals surface area contributed by atoms with Crippen LogP contribution in [0.2, 0.25) is 0 Å². The summed E-state index contributed by atoms with van der Waals surface area (Å²) >= 11 is 0. The predicted molar refractivity (Wildman–Crippen MR) is 130 cm³/mol. The van der Waals surface area contributed by atoms with Crippen LogP contribution < -0.4 is 0 Å². The Hall–Kier alpha value is -0.990. The van der Waals surface area contributed by atoms with Crippen LogP contribution in [-0.4, -0.2) is 11.3 Å². The number of ketones is 1. The number of hydrogen-bond donors (Lipinski definition) is 0. The van der Waals surface area contributed by atoms with E-state index in [1.165, 1.54) is 31.3 Å². The molecule has 178 valence electrons. The molecule has 5 aliphatic rings. The molecule has 0 amide bonds. The SMILES string of the molecule is C=C(C)[C@@H]1CCC2(N=O)CC[C@]3(C)C(CCC4C5(C)CCC(=O)C(C)(C)C5CCC43C)C12. The van der Waals surface area contributed by atoms with Crippen molar-refractivity contribution in [2.24, 2.45) is 56.4 Å². The summed E-state index contributed by atoms with van der Waals surface area (Å²) in [6, 6.07) is 0. The third-order valence-corrected chi connectivity index (χ3v) is 13.0. The van der Waals surface area contributed by atoms with Gasteiger partial charge in [0.25, 0.3) is 0 Å². The molecule has 5 rings (SSSR count). The molecule has 3 nitrogen and oxygen atoms in total. The van der Waals surface area contributed by atoms with Crippen molar-refractivity contribution >= 4 is 5.78 Å². The molecule has 0 aromatic rings. The molecule has 5 saturated carbocycles. The van der Waals surface area contributed by atoms with Gasteiger partial charge in [0, 0.05) is 11.8 Å². The smallest absolute Gasteiger partial charge is 0.138 e. The highest BCUT2D eigenvalue weighted by Gasteiger charge is 2.71. The Morgan fingerprint density at radius 1 is 0.875 bits per heavy atom. The maximum atomic E-state index is 12.9. The minimum absolute atomic E-state index is 0.189. The second kappa shape index (κ2) is 6.79. The van der Waals surface area contributed by atoms with E-state index >= 15 is 0 Å². The van der Waals surface area contributed by atoms with Crippen molar-refractivity contribution in [2.45, 2.75) is 111 Å². The van der Waals surface area contributed by atoms with Crippen molar-refractivity contribution in [3.8, 4) is 0 Å². The van der Waals surface area contributed by atoms with E-state index < -0.39 is 0 Å². The zero-order valence-electron chi connectivity index (χ0n) is 21.4. The summed E-state index contributed by atoms with van der Waals surface area (Å²) in [6.45, 7) is 18.8. The number of allylic oxidation sites excluding steroid dienone is 1. The first-order chi connectivity index (χ1) is 14.9. The highest BCUT2D eigenvalue weighted by Crippen LogP contribution is 2.76. The molecule has 0 saturated heterocycles. The topological polar surface area (TPSA) is 46.5 Å². The van der Waals surface area contributed by atoms with Gasteiger partial charge in [-0.25, -0.2) is 0 Å². The summed E-state index contributed by atoms with van der Waals surface area (Å²) in [5.41, 5.74) is 1.49. The Kier molecular flexibility index (Phi) is 4.83. The lowest BCUT2D eigenvalue weighted by atomic mass is 9.33. The number of hydrogen-bond acceptors (Lipinski definition) is 3. The number of carbonyl (C=O) groups excluding carboxylic acids is 1. The average molecular weight is 440 g/mol. The van der Waals surface area contributed by atoms with Gasteiger partial charge < -0.3 is 0 Å². The third kappa shape index (κ3) is 2.52.